The average Bonchev–Trinajstić information content (AvgIpc) is 2.43. The van der Waals surface area contributed by atoms with Crippen LogP contribution in [0.25, 0.3) is 0 Å². The number of allylic oxidation sites excluding steroid dienone is 1. The Balaban J connectivity index is 2.92. The van der Waals surface area contributed by atoms with E-state index in [4.69, 9.17) is 13.7 Å². The second-order valence-corrected chi connectivity index (χ2v) is 6.14. The normalized spacial score (nSPS) is 17.9. The molecule has 0 spiro atoms. The molecule has 0 aromatic heterocycles. The minimum absolute atomic E-state index is 0.0633. The molecule has 98 valence electrons. The number of nitrogens with two attached hydrogens (primary N) is 1. The van der Waals surface area contributed by atoms with Crippen molar-refractivity contribution in [2.75, 3.05) is 6.54 Å². The lowest BCUT2D eigenvalue weighted by molar-refractivity contribution is -0.121. The van der Waals surface area contributed by atoms with E-state index in [1.807, 2.05) is 6.08 Å². The number of rotatable bonds is 4. The Kier molecular flexibility index (Phi) is 4.66. The molecular formula is C14H23BN2O. The van der Waals surface area contributed by atoms with Gasteiger partial charge in [0, 0.05) is 17.8 Å². The maximum Gasteiger partial charge on any atom is 0.237 e. The van der Waals surface area contributed by atoms with E-state index in [1.165, 1.54) is 4.81 Å². The zero-order valence-electron chi connectivity index (χ0n) is 11.9. The molecule has 18 heavy (non-hydrogen) atoms. The summed E-state index contributed by atoms with van der Waals surface area (Å²) in [5, 5.41) is 0. The van der Waals surface area contributed by atoms with Crippen LogP contribution in [0.1, 0.15) is 47.0 Å². The molecule has 1 amide bonds. The fourth-order valence-corrected chi connectivity index (χ4v) is 2.20. The standard InChI is InChI=1S/C14H23BN2O/c1-5-6-12-10(9-17(15)13(12)18)7-11(16)8-14(2,3)4/h7H,5-6,8-9,16H2,1-4H3/b11-7+. The monoisotopic (exact) mass is 246 g/mol. The van der Waals surface area contributed by atoms with E-state index in [-0.39, 0.29) is 11.3 Å². The number of carbonyl (C=O) groups excluding carboxylic acids is 1. The van der Waals surface area contributed by atoms with Crippen molar-refractivity contribution in [2.24, 2.45) is 11.1 Å². The fraction of sp³-hybridized carbons (Fsp3) is 0.643. The Morgan fingerprint density at radius 3 is 2.61 bits per heavy atom. The SMILES string of the molecule is [B]N1CC(/C=C(/N)CC(C)(C)C)=C(CCC)C1=O. The third-order valence-electron chi connectivity index (χ3n) is 2.84. The third kappa shape index (κ3) is 3.93. The second kappa shape index (κ2) is 5.64. The molecule has 2 N–H and O–H groups in total. The first-order valence-electron chi connectivity index (χ1n) is 6.49. The van der Waals surface area contributed by atoms with Gasteiger partial charge < -0.3 is 10.5 Å². The highest BCUT2D eigenvalue weighted by Crippen LogP contribution is 2.26. The molecule has 0 saturated heterocycles. The smallest absolute Gasteiger partial charge is 0.237 e. The van der Waals surface area contributed by atoms with Crippen molar-refractivity contribution in [3.8, 4) is 0 Å². The van der Waals surface area contributed by atoms with E-state index in [0.29, 0.717) is 6.54 Å². The number of nitrogens with zero attached hydrogens (tertiary/aromatic N) is 1. The van der Waals surface area contributed by atoms with Crippen LogP contribution >= 0.6 is 0 Å². The fourth-order valence-electron chi connectivity index (χ4n) is 2.20. The van der Waals surface area contributed by atoms with Gasteiger partial charge in [0.1, 0.15) is 0 Å². The maximum atomic E-state index is 11.8. The molecule has 0 aromatic rings. The Morgan fingerprint density at radius 1 is 1.50 bits per heavy atom. The Bertz CT molecular complexity index is 391. The van der Waals surface area contributed by atoms with Crippen LogP contribution < -0.4 is 5.73 Å². The minimum Gasteiger partial charge on any atom is -0.402 e. The molecule has 3 nitrogen and oxygen atoms in total. The van der Waals surface area contributed by atoms with E-state index >= 15 is 0 Å². The zero-order chi connectivity index (χ0) is 13.9. The number of hydrogen-bond acceptors (Lipinski definition) is 2. The van der Waals surface area contributed by atoms with Crippen molar-refractivity contribution >= 4 is 13.9 Å². The minimum atomic E-state index is -0.0633. The van der Waals surface area contributed by atoms with E-state index in [9.17, 15) is 4.79 Å². The molecule has 1 aliphatic heterocycles. The molecule has 0 bridgehead atoms. The van der Waals surface area contributed by atoms with Gasteiger partial charge in [-0.05, 0) is 29.9 Å². The van der Waals surface area contributed by atoms with Crippen molar-refractivity contribution in [1.82, 2.24) is 4.81 Å². The zero-order valence-corrected chi connectivity index (χ0v) is 11.9. The summed E-state index contributed by atoms with van der Waals surface area (Å²) in [6, 6.07) is 0. The Labute approximate surface area is 112 Å². The first-order valence-corrected chi connectivity index (χ1v) is 6.49. The van der Waals surface area contributed by atoms with E-state index < -0.39 is 0 Å². The average molecular weight is 246 g/mol. The first kappa shape index (κ1) is 14.9. The highest BCUT2D eigenvalue weighted by molar-refractivity contribution is 6.20. The number of hydrogen-bond donors (Lipinski definition) is 1. The molecular weight excluding hydrogens is 223 g/mol. The summed E-state index contributed by atoms with van der Waals surface area (Å²) < 4.78 is 0. The van der Waals surface area contributed by atoms with Crippen LogP contribution in [0, 0.1) is 5.41 Å². The summed E-state index contributed by atoms with van der Waals surface area (Å²) in [4.78, 5) is 13.1. The lowest BCUT2D eigenvalue weighted by atomic mass is 9.90. The van der Waals surface area contributed by atoms with E-state index in [2.05, 4.69) is 27.7 Å². The summed E-state index contributed by atoms with van der Waals surface area (Å²) >= 11 is 0. The number of amides is 1. The lowest BCUT2D eigenvalue weighted by Gasteiger charge is -2.18. The molecule has 1 aliphatic rings. The molecule has 1 rings (SSSR count). The molecule has 0 aliphatic carbocycles. The van der Waals surface area contributed by atoms with Crippen molar-refractivity contribution in [3.05, 3.63) is 22.9 Å². The molecule has 0 atom stereocenters. The van der Waals surface area contributed by atoms with Gasteiger partial charge in [0.05, 0.1) is 0 Å². The summed E-state index contributed by atoms with van der Waals surface area (Å²) in [6.45, 7) is 8.95. The summed E-state index contributed by atoms with van der Waals surface area (Å²) in [5.74, 6) is -0.0633. The first-order chi connectivity index (χ1) is 8.24. The van der Waals surface area contributed by atoms with Crippen molar-refractivity contribution in [1.29, 1.82) is 0 Å². The Hall–Kier alpha value is -1.19. The summed E-state index contributed by atoms with van der Waals surface area (Å²) in [6.07, 6.45) is 4.45. The predicted molar refractivity (Wildman–Crippen MR) is 75.7 cm³/mol. The summed E-state index contributed by atoms with van der Waals surface area (Å²) in [5.41, 5.74) is 8.80. The van der Waals surface area contributed by atoms with E-state index in [1.54, 1.807) is 0 Å². The van der Waals surface area contributed by atoms with Crippen LogP contribution in [0.2, 0.25) is 0 Å². The molecule has 0 fully saturated rings. The largest absolute Gasteiger partial charge is 0.402 e. The van der Waals surface area contributed by atoms with Crippen LogP contribution in [0.5, 0.6) is 0 Å². The molecule has 0 aromatic carbocycles. The van der Waals surface area contributed by atoms with Crippen LogP contribution in [0.15, 0.2) is 22.9 Å². The highest BCUT2D eigenvalue weighted by atomic mass is 16.2. The lowest BCUT2D eigenvalue weighted by Crippen LogP contribution is -2.23. The third-order valence-corrected chi connectivity index (χ3v) is 2.84. The van der Waals surface area contributed by atoms with Gasteiger partial charge in [0.2, 0.25) is 13.9 Å². The van der Waals surface area contributed by atoms with Gasteiger partial charge in [-0.3, -0.25) is 4.79 Å². The Morgan fingerprint density at radius 2 is 2.11 bits per heavy atom. The molecule has 4 heteroatoms. The molecule has 1 heterocycles. The molecule has 0 saturated carbocycles. The molecule has 0 unspecified atom stereocenters. The van der Waals surface area contributed by atoms with Gasteiger partial charge in [-0.15, -0.1) is 0 Å². The van der Waals surface area contributed by atoms with Crippen LogP contribution in [0.3, 0.4) is 0 Å². The summed E-state index contributed by atoms with van der Waals surface area (Å²) in [7, 11) is 5.66. The second-order valence-electron chi connectivity index (χ2n) is 6.14. The predicted octanol–water partition coefficient (Wildman–Crippen LogP) is 2.29. The highest BCUT2D eigenvalue weighted by Gasteiger charge is 2.25. The van der Waals surface area contributed by atoms with Crippen LogP contribution in [-0.4, -0.2) is 25.2 Å². The van der Waals surface area contributed by atoms with Gasteiger partial charge in [-0.1, -0.05) is 34.1 Å². The van der Waals surface area contributed by atoms with Crippen LogP contribution in [0.4, 0.5) is 0 Å². The van der Waals surface area contributed by atoms with E-state index in [0.717, 1.165) is 36.1 Å². The van der Waals surface area contributed by atoms with Crippen molar-refractivity contribution in [2.45, 2.75) is 47.0 Å². The van der Waals surface area contributed by atoms with Gasteiger partial charge in [0.15, 0.2) is 0 Å². The van der Waals surface area contributed by atoms with Crippen LogP contribution in [-0.2, 0) is 4.79 Å². The van der Waals surface area contributed by atoms with Gasteiger partial charge in [-0.25, -0.2) is 0 Å². The van der Waals surface area contributed by atoms with Gasteiger partial charge in [0.25, 0.3) is 0 Å². The van der Waals surface area contributed by atoms with Crippen molar-refractivity contribution < 1.29 is 4.79 Å². The maximum absolute atomic E-state index is 11.8. The van der Waals surface area contributed by atoms with Crippen molar-refractivity contribution in [3.63, 3.8) is 0 Å². The number of carbonyl (C=O) groups is 1. The topological polar surface area (TPSA) is 46.3 Å². The van der Waals surface area contributed by atoms with Gasteiger partial charge in [-0.2, -0.15) is 0 Å². The molecule has 2 radical (unpaired) electrons. The quantitative estimate of drug-likeness (QED) is 0.773. The van der Waals surface area contributed by atoms with Gasteiger partial charge >= 0.3 is 0 Å².